The van der Waals surface area contributed by atoms with Crippen LogP contribution >= 0.6 is 0 Å². The van der Waals surface area contributed by atoms with Gasteiger partial charge in [0.25, 0.3) is 0 Å². The van der Waals surface area contributed by atoms with E-state index in [2.05, 4.69) is 249 Å². The van der Waals surface area contributed by atoms with Gasteiger partial charge in [-0.2, -0.15) is 4.31 Å². The Morgan fingerprint density at radius 2 is 0.773 bits per heavy atom. The number of piperidine rings is 2. The fraction of sp³-hybridized carbons (Fsp3) is 0.990. The molecular formula is C99H206N12O6S2. The highest BCUT2D eigenvalue weighted by molar-refractivity contribution is 7.97. The summed E-state index contributed by atoms with van der Waals surface area (Å²) in [5, 5.41) is 0. The van der Waals surface area contributed by atoms with Gasteiger partial charge in [-0.1, -0.05) is 135 Å². The predicted octanol–water partition coefficient (Wildman–Crippen LogP) is 17.8. The molecule has 14 rings (SSSR count). The van der Waals surface area contributed by atoms with E-state index in [9.17, 15) is 12.6 Å². The minimum atomic E-state index is -2.97. The minimum Gasteiger partial charge on any atom is -0.378 e. The molecule has 14 fully saturated rings. The number of ether oxygens (including phenoxy) is 3. The van der Waals surface area contributed by atoms with Crippen LogP contribution in [0.3, 0.4) is 0 Å². The van der Waals surface area contributed by atoms with Crippen LogP contribution < -0.4 is 0 Å². The van der Waals surface area contributed by atoms with Crippen LogP contribution in [-0.2, 0) is 33.9 Å². The first-order chi connectivity index (χ1) is 55.8. The molecule has 0 bridgehead atoms. The van der Waals surface area contributed by atoms with Gasteiger partial charge in [0.2, 0.25) is 10.0 Å². The van der Waals surface area contributed by atoms with E-state index >= 15 is 0 Å². The summed E-state index contributed by atoms with van der Waals surface area (Å²) in [7, 11) is 3.82. The van der Waals surface area contributed by atoms with Crippen molar-refractivity contribution in [3.05, 3.63) is 0 Å². The maximum Gasteiger partial charge on any atom is 0.211 e. The van der Waals surface area contributed by atoms with Crippen molar-refractivity contribution in [3.8, 4) is 0 Å². The van der Waals surface area contributed by atoms with Crippen molar-refractivity contribution < 1.29 is 26.8 Å². The second kappa shape index (κ2) is 59.6. The SMILES string of the molecule is C=S(C)(=O)N1CCC(C(C)C)C1.CC(C)C1CC2CCCN2C1.CC(C)C1CCCC1.CC(C)C1CCN(C)C1.CC(C)C1CN(C)CCO1.CC(C)C1COC2(CC2)C1.CC(C)C1COCCN1C.CC(C)N1CCCC1.CC(C)N1CCCCC1.CC(C)N1CCCCC1.CC(C)N1CCN(C)CC1.CC(C)N1CCN(S(C)(=O)=O)CC1. The maximum atomic E-state index is 11.6. The molecule has 0 aromatic heterocycles. The van der Waals surface area contributed by atoms with E-state index in [0.717, 1.165) is 150 Å². The molecule has 2 saturated carbocycles. The largest absolute Gasteiger partial charge is 0.378 e. The van der Waals surface area contributed by atoms with Gasteiger partial charge in [0, 0.05) is 156 Å². The van der Waals surface area contributed by atoms with Crippen LogP contribution in [0.15, 0.2) is 0 Å². The Bertz CT molecular complexity index is 2640. The summed E-state index contributed by atoms with van der Waals surface area (Å²) < 4.78 is 54.2. The second-order valence-corrected chi connectivity index (χ2v) is 47.4. The summed E-state index contributed by atoms with van der Waals surface area (Å²) in [4.78, 5) is 24.7. The number of hydrogen-bond acceptors (Lipinski definition) is 16. The lowest BCUT2D eigenvalue weighted by atomic mass is 9.92. The molecule has 18 nitrogen and oxygen atoms in total. The Morgan fingerprint density at radius 3 is 1.08 bits per heavy atom. The summed E-state index contributed by atoms with van der Waals surface area (Å²) >= 11 is 0. The first kappa shape index (κ1) is 113. The normalized spacial score (nSPS) is 27.9. The van der Waals surface area contributed by atoms with Crippen molar-refractivity contribution in [1.82, 2.24) is 57.6 Å². The Morgan fingerprint density at radius 1 is 0.345 bits per heavy atom. The van der Waals surface area contributed by atoms with Crippen molar-refractivity contribution in [2.24, 2.45) is 71.0 Å². The van der Waals surface area contributed by atoms with Gasteiger partial charge in [-0.3, -0.25) is 18.9 Å². The van der Waals surface area contributed by atoms with Crippen LogP contribution in [0.5, 0.6) is 0 Å². The number of likely N-dealkylation sites (tertiary alicyclic amines) is 4. The third-order valence-electron chi connectivity index (χ3n) is 29.0. The van der Waals surface area contributed by atoms with Crippen LogP contribution in [0.25, 0.3) is 0 Å². The highest BCUT2D eigenvalue weighted by Gasteiger charge is 2.50. The molecule has 119 heavy (non-hydrogen) atoms. The monoisotopic (exact) mass is 1720 g/mol. The lowest BCUT2D eigenvalue weighted by Crippen LogP contribution is -2.50. The molecule has 1 spiro atoms. The summed E-state index contributed by atoms with van der Waals surface area (Å²) in [6.07, 6.45) is 31.8. The molecule has 8 atom stereocenters. The number of morpholine rings is 2. The van der Waals surface area contributed by atoms with Crippen LogP contribution in [0, 0.1) is 71.0 Å². The molecule has 0 radical (unpaired) electrons. The first-order valence-electron chi connectivity index (χ1n) is 49.9. The molecule has 2 aliphatic carbocycles. The molecular weight excluding hydrogens is 1520 g/mol. The summed E-state index contributed by atoms with van der Waals surface area (Å²) in [6.45, 7) is 84.8. The van der Waals surface area contributed by atoms with Crippen molar-refractivity contribution in [1.29, 1.82) is 0 Å². The molecule has 12 aliphatic heterocycles. The Balaban J connectivity index is 0.000000336. The lowest BCUT2D eigenvalue weighted by molar-refractivity contribution is -0.0424. The molecule has 0 N–H and O–H groups in total. The average Bonchev–Trinajstić information content (AvgIpc) is 1.62. The Labute approximate surface area is 742 Å². The summed E-state index contributed by atoms with van der Waals surface area (Å²) in [5.74, 6) is 13.9. The average molecular weight is 1720 g/mol. The van der Waals surface area contributed by atoms with E-state index in [4.69, 9.17) is 14.2 Å². The van der Waals surface area contributed by atoms with Crippen molar-refractivity contribution in [3.63, 3.8) is 0 Å². The molecule has 12 saturated heterocycles. The van der Waals surface area contributed by atoms with Gasteiger partial charge >= 0.3 is 0 Å². The number of rotatable bonds is 14. The minimum absolute atomic E-state index is 0.398. The number of sulfonamides is 1. The van der Waals surface area contributed by atoms with Gasteiger partial charge in [-0.25, -0.2) is 12.7 Å². The number of piperazine rings is 2. The van der Waals surface area contributed by atoms with E-state index < -0.39 is 19.7 Å². The van der Waals surface area contributed by atoms with Crippen LogP contribution in [0.4, 0.5) is 0 Å². The predicted molar refractivity (Wildman–Crippen MR) is 520 cm³/mol. The number of nitrogens with zero attached hydrogens (tertiary/aromatic N) is 12. The van der Waals surface area contributed by atoms with E-state index in [0.29, 0.717) is 60.5 Å². The molecule has 14 aliphatic rings. The molecule has 12 heterocycles. The number of likely N-dealkylation sites (N-methyl/N-ethyl adjacent to an activating group) is 3. The first-order valence-corrected chi connectivity index (χ1v) is 53.8. The summed E-state index contributed by atoms with van der Waals surface area (Å²) in [6, 6.07) is 5.17. The Hall–Kier alpha value is -0.630. The topological polar surface area (TPSA) is 118 Å². The van der Waals surface area contributed by atoms with Crippen molar-refractivity contribution in [2.45, 2.75) is 349 Å². The zero-order valence-corrected chi connectivity index (χ0v) is 86.3. The smallest absolute Gasteiger partial charge is 0.211 e. The highest BCUT2D eigenvalue weighted by atomic mass is 32.2. The maximum absolute atomic E-state index is 11.6. The van der Waals surface area contributed by atoms with Gasteiger partial charge in [0.15, 0.2) is 0 Å². The molecule has 710 valence electrons. The van der Waals surface area contributed by atoms with Gasteiger partial charge in [-0.05, 0) is 317 Å². The molecule has 8 unspecified atom stereocenters. The summed E-state index contributed by atoms with van der Waals surface area (Å²) in [5.41, 5.74) is 0.398. The molecule has 0 aromatic rings. The standard InChI is InChI=1S/C10H19N.C9H19NOS.C9H16O.C8H18N2O2S.C8H18N2.2C8H17NO.3C8H17N.C8H16.C7H15N/c1-8(2)9-6-10-4-3-5-11(10)7-9;1-8(2)9-5-6-10(7-9)12(3,4)11;1-7(2)8-5-9(3-4-9)10-6-8;1-8(2)9-4-6-10(7-5-9)13(3,11)12;1-8(2)10-6-4-9(3)5-7-10;1-7(2)8-6-10-5-4-9(8)3;1-7(2)8-6-9(3)4-5-10-8;1-7(2)8-4-5-9(3)6-8;2*1-8(2)9-6-4-3-5-7-9;2*1-7(2)8-5-3-4-6-8/h8-10H,3-7H2,1-2H3;8-9H,3,5-7H2,1-2,4H3;7-8H,3-6H2,1-2H3;8H,4-7H2,1-3H3;8H,4-7H2,1-3H3;2*7-8H,4-6H2,1-3H3;7-8H,4-6H2,1-3H3;2*8H,3-7H2,1-2H3;7-8H,3-6H2,1-2H3;7H,3-6H2,1-2H3. The van der Waals surface area contributed by atoms with Gasteiger partial charge in [0.05, 0.1) is 44.4 Å². The number of fused-ring (bicyclic) bond motifs is 1. The van der Waals surface area contributed by atoms with Gasteiger partial charge in [-0.15, -0.1) is 0 Å². The van der Waals surface area contributed by atoms with Crippen LogP contribution in [-0.4, -0.2) is 348 Å². The number of hydrogen-bond donors (Lipinski definition) is 0. The van der Waals surface area contributed by atoms with E-state index in [-0.39, 0.29) is 0 Å². The second-order valence-electron chi connectivity index (χ2n) is 42.9. The van der Waals surface area contributed by atoms with Crippen LogP contribution in [0.1, 0.15) is 295 Å². The van der Waals surface area contributed by atoms with E-state index in [1.165, 1.54) is 226 Å². The molecule has 0 aromatic carbocycles. The Kier molecular flexibility index (Phi) is 56.3. The fourth-order valence-corrected chi connectivity index (χ4v) is 20.7. The zero-order chi connectivity index (χ0) is 89.3. The third-order valence-corrected chi connectivity index (χ3v) is 31.7. The van der Waals surface area contributed by atoms with Crippen molar-refractivity contribution >= 4 is 25.6 Å². The fourth-order valence-electron chi connectivity index (χ4n) is 18.8. The third kappa shape index (κ3) is 47.0. The van der Waals surface area contributed by atoms with Crippen molar-refractivity contribution in [2.75, 3.05) is 218 Å². The highest BCUT2D eigenvalue weighted by Crippen LogP contribution is 2.50. The van der Waals surface area contributed by atoms with E-state index in [1.807, 2.05) is 4.31 Å². The van der Waals surface area contributed by atoms with Crippen LogP contribution in [0.2, 0.25) is 0 Å². The lowest BCUT2D eigenvalue weighted by Gasteiger charge is -2.35. The van der Waals surface area contributed by atoms with Gasteiger partial charge in [0.1, 0.15) is 0 Å². The quantitative estimate of drug-likeness (QED) is 0.153. The molecule has 20 heteroatoms. The zero-order valence-electron chi connectivity index (χ0n) is 84.6. The van der Waals surface area contributed by atoms with E-state index in [1.54, 1.807) is 10.6 Å². The van der Waals surface area contributed by atoms with Gasteiger partial charge < -0.3 is 48.5 Å². The molecule has 0 amide bonds.